The van der Waals surface area contributed by atoms with E-state index in [9.17, 15) is 4.79 Å². The molecule has 0 aromatic rings. The van der Waals surface area contributed by atoms with Gasteiger partial charge in [0.25, 0.3) is 0 Å². The second-order valence-electron chi connectivity index (χ2n) is 6.25. The van der Waals surface area contributed by atoms with Crippen LogP contribution in [0.2, 0.25) is 0 Å². The molecule has 1 atom stereocenters. The molecule has 0 aromatic carbocycles. The van der Waals surface area contributed by atoms with Crippen molar-refractivity contribution in [2.45, 2.75) is 51.7 Å². The van der Waals surface area contributed by atoms with Gasteiger partial charge in [0, 0.05) is 24.2 Å². The number of hydrogen-bond acceptors (Lipinski definition) is 3. The minimum absolute atomic E-state index is 0.0105. The molecular formula is C12H25N3O. The van der Waals surface area contributed by atoms with Crippen LogP contribution in [0, 0.1) is 0 Å². The summed E-state index contributed by atoms with van der Waals surface area (Å²) in [6, 6.07) is -0.0713. The molecule has 1 rings (SSSR count). The van der Waals surface area contributed by atoms with Crippen LogP contribution < -0.4 is 10.6 Å². The van der Waals surface area contributed by atoms with E-state index < -0.39 is 0 Å². The molecule has 1 aliphatic heterocycles. The van der Waals surface area contributed by atoms with Gasteiger partial charge in [-0.1, -0.05) is 0 Å². The van der Waals surface area contributed by atoms with Crippen LogP contribution in [-0.4, -0.2) is 48.1 Å². The predicted octanol–water partition coefficient (Wildman–Crippen LogP) is 0.583. The van der Waals surface area contributed by atoms with Crippen molar-refractivity contribution >= 4 is 5.91 Å². The molecule has 1 saturated heterocycles. The summed E-state index contributed by atoms with van der Waals surface area (Å²) in [5.41, 5.74) is -0.134. The number of piperazine rings is 1. The topological polar surface area (TPSA) is 44.4 Å². The lowest BCUT2D eigenvalue weighted by Crippen LogP contribution is -2.70. The zero-order chi connectivity index (χ0) is 12.6. The first-order chi connectivity index (χ1) is 7.17. The minimum atomic E-state index is -0.144. The van der Waals surface area contributed by atoms with Crippen molar-refractivity contribution < 1.29 is 4.79 Å². The lowest BCUT2D eigenvalue weighted by Gasteiger charge is -2.49. The van der Waals surface area contributed by atoms with Gasteiger partial charge in [-0.25, -0.2) is 0 Å². The third-order valence-corrected chi connectivity index (χ3v) is 2.97. The van der Waals surface area contributed by atoms with E-state index in [2.05, 4.69) is 50.2 Å². The van der Waals surface area contributed by atoms with E-state index in [0.717, 1.165) is 6.54 Å². The lowest BCUT2D eigenvalue weighted by atomic mass is 9.92. The van der Waals surface area contributed by atoms with Gasteiger partial charge in [-0.3, -0.25) is 9.69 Å². The first-order valence-electron chi connectivity index (χ1n) is 5.91. The van der Waals surface area contributed by atoms with Crippen LogP contribution in [0.1, 0.15) is 34.6 Å². The molecule has 0 aromatic heterocycles. The summed E-state index contributed by atoms with van der Waals surface area (Å²) in [5.74, 6) is 0.125. The average Bonchev–Trinajstić information content (AvgIpc) is 2.06. The van der Waals surface area contributed by atoms with Gasteiger partial charge < -0.3 is 10.6 Å². The normalized spacial score (nSPS) is 26.6. The zero-order valence-corrected chi connectivity index (χ0v) is 11.3. The molecule has 4 heteroatoms. The molecule has 0 bridgehead atoms. The average molecular weight is 227 g/mol. The number of likely N-dealkylation sites (N-methyl/N-ethyl adjacent to an activating group) is 1. The van der Waals surface area contributed by atoms with Gasteiger partial charge in [-0.15, -0.1) is 0 Å². The Labute approximate surface area is 98.8 Å². The largest absolute Gasteiger partial charge is 0.349 e. The maximum absolute atomic E-state index is 12.1. The Bertz CT molecular complexity index is 268. The molecule has 1 unspecified atom stereocenters. The Morgan fingerprint density at radius 3 is 2.50 bits per heavy atom. The van der Waals surface area contributed by atoms with Gasteiger partial charge in [0.2, 0.25) is 5.91 Å². The molecule has 0 radical (unpaired) electrons. The van der Waals surface area contributed by atoms with Crippen molar-refractivity contribution in [1.29, 1.82) is 0 Å². The van der Waals surface area contributed by atoms with Crippen LogP contribution in [0.15, 0.2) is 0 Å². The molecule has 1 fully saturated rings. The van der Waals surface area contributed by atoms with Crippen molar-refractivity contribution in [2.75, 3.05) is 20.1 Å². The van der Waals surface area contributed by atoms with E-state index in [-0.39, 0.29) is 23.0 Å². The second kappa shape index (κ2) is 4.34. The highest BCUT2D eigenvalue weighted by molar-refractivity contribution is 5.83. The van der Waals surface area contributed by atoms with Crippen LogP contribution in [0.4, 0.5) is 0 Å². The summed E-state index contributed by atoms with van der Waals surface area (Å²) in [7, 11) is 1.88. The number of nitrogens with one attached hydrogen (secondary N) is 2. The first kappa shape index (κ1) is 13.5. The standard InChI is InChI=1S/C12H25N3O/c1-11(2,3)15-8-12(4,5)14-10(16)9(15)7-13-6/h9,13H,7-8H2,1-6H3,(H,14,16). The molecule has 2 N–H and O–H groups in total. The smallest absolute Gasteiger partial charge is 0.239 e. The van der Waals surface area contributed by atoms with E-state index >= 15 is 0 Å². The molecule has 16 heavy (non-hydrogen) atoms. The molecule has 1 heterocycles. The summed E-state index contributed by atoms with van der Waals surface area (Å²) in [5, 5.41) is 6.17. The fourth-order valence-corrected chi connectivity index (χ4v) is 2.23. The Morgan fingerprint density at radius 1 is 1.50 bits per heavy atom. The van der Waals surface area contributed by atoms with Crippen molar-refractivity contribution in [1.82, 2.24) is 15.5 Å². The van der Waals surface area contributed by atoms with Gasteiger partial charge in [0.15, 0.2) is 0 Å². The number of nitrogens with zero attached hydrogens (tertiary/aromatic N) is 1. The summed E-state index contributed by atoms with van der Waals surface area (Å²) in [6.07, 6.45) is 0. The Kier molecular flexibility index (Phi) is 3.65. The SMILES string of the molecule is CNCC1C(=O)NC(C)(C)CN1C(C)(C)C. The summed E-state index contributed by atoms with van der Waals surface area (Å²) < 4.78 is 0. The molecule has 1 aliphatic rings. The maximum atomic E-state index is 12.1. The quantitative estimate of drug-likeness (QED) is 0.725. The third kappa shape index (κ3) is 2.95. The van der Waals surface area contributed by atoms with Crippen LogP contribution in [0.3, 0.4) is 0 Å². The fraction of sp³-hybridized carbons (Fsp3) is 0.917. The Balaban J connectivity index is 2.93. The third-order valence-electron chi connectivity index (χ3n) is 2.97. The van der Waals surface area contributed by atoms with Crippen molar-refractivity contribution in [3.05, 3.63) is 0 Å². The molecule has 1 amide bonds. The summed E-state index contributed by atoms with van der Waals surface area (Å²) in [6.45, 7) is 12.2. The highest BCUT2D eigenvalue weighted by Crippen LogP contribution is 2.24. The van der Waals surface area contributed by atoms with Gasteiger partial charge in [0.1, 0.15) is 6.04 Å². The van der Waals surface area contributed by atoms with Crippen molar-refractivity contribution in [2.24, 2.45) is 0 Å². The van der Waals surface area contributed by atoms with Gasteiger partial charge >= 0.3 is 0 Å². The highest BCUT2D eigenvalue weighted by atomic mass is 16.2. The van der Waals surface area contributed by atoms with E-state index in [4.69, 9.17) is 0 Å². The zero-order valence-electron chi connectivity index (χ0n) is 11.3. The number of carbonyl (C=O) groups excluding carboxylic acids is 1. The number of rotatable bonds is 2. The molecule has 0 aliphatic carbocycles. The molecule has 94 valence electrons. The van der Waals surface area contributed by atoms with Gasteiger partial charge in [-0.2, -0.15) is 0 Å². The molecular weight excluding hydrogens is 202 g/mol. The second-order valence-corrected chi connectivity index (χ2v) is 6.25. The van der Waals surface area contributed by atoms with Crippen molar-refractivity contribution in [3.8, 4) is 0 Å². The molecule has 0 spiro atoms. The van der Waals surface area contributed by atoms with E-state index in [1.807, 2.05) is 7.05 Å². The first-order valence-corrected chi connectivity index (χ1v) is 5.91. The number of carbonyl (C=O) groups is 1. The number of amides is 1. The monoisotopic (exact) mass is 227 g/mol. The van der Waals surface area contributed by atoms with Crippen LogP contribution in [0.5, 0.6) is 0 Å². The molecule has 0 saturated carbocycles. The van der Waals surface area contributed by atoms with Crippen molar-refractivity contribution in [3.63, 3.8) is 0 Å². The minimum Gasteiger partial charge on any atom is -0.349 e. The summed E-state index contributed by atoms with van der Waals surface area (Å²) in [4.78, 5) is 14.3. The molecule has 4 nitrogen and oxygen atoms in total. The fourth-order valence-electron chi connectivity index (χ4n) is 2.23. The Morgan fingerprint density at radius 2 is 2.06 bits per heavy atom. The van der Waals surface area contributed by atoms with E-state index in [0.29, 0.717) is 6.54 Å². The van der Waals surface area contributed by atoms with E-state index in [1.54, 1.807) is 0 Å². The van der Waals surface area contributed by atoms with Crippen LogP contribution >= 0.6 is 0 Å². The maximum Gasteiger partial charge on any atom is 0.239 e. The highest BCUT2D eigenvalue weighted by Gasteiger charge is 2.42. The van der Waals surface area contributed by atoms with Gasteiger partial charge in [0.05, 0.1) is 0 Å². The van der Waals surface area contributed by atoms with Crippen LogP contribution in [-0.2, 0) is 4.79 Å². The Hall–Kier alpha value is -0.610. The number of hydrogen-bond donors (Lipinski definition) is 2. The van der Waals surface area contributed by atoms with Crippen LogP contribution in [0.25, 0.3) is 0 Å². The van der Waals surface area contributed by atoms with Gasteiger partial charge in [-0.05, 0) is 41.7 Å². The predicted molar refractivity (Wildman–Crippen MR) is 66.4 cm³/mol. The summed E-state index contributed by atoms with van der Waals surface area (Å²) >= 11 is 0. The lowest BCUT2D eigenvalue weighted by molar-refractivity contribution is -0.136. The van der Waals surface area contributed by atoms with E-state index in [1.165, 1.54) is 0 Å².